The zero-order valence-corrected chi connectivity index (χ0v) is 32.6. The van der Waals surface area contributed by atoms with E-state index in [4.69, 9.17) is 8.83 Å². The summed E-state index contributed by atoms with van der Waals surface area (Å²) >= 11 is 0. The maximum atomic E-state index is 6.75. The zero-order chi connectivity index (χ0) is 39.0. The van der Waals surface area contributed by atoms with Crippen LogP contribution in [0.1, 0.15) is 25.0 Å². The van der Waals surface area contributed by atoms with E-state index in [9.17, 15) is 0 Å². The molecular formula is C57H36O2. The highest BCUT2D eigenvalue weighted by Gasteiger charge is 2.36. The molecule has 0 fully saturated rings. The van der Waals surface area contributed by atoms with Crippen molar-refractivity contribution in [1.29, 1.82) is 0 Å². The fraction of sp³-hybridized carbons (Fsp3) is 0.0526. The van der Waals surface area contributed by atoms with E-state index in [0.717, 1.165) is 55.0 Å². The van der Waals surface area contributed by atoms with E-state index in [0.29, 0.717) is 0 Å². The highest BCUT2D eigenvalue weighted by molar-refractivity contribution is 6.27. The Morgan fingerprint density at radius 2 is 0.915 bits per heavy atom. The van der Waals surface area contributed by atoms with Crippen LogP contribution in [0.25, 0.3) is 121 Å². The van der Waals surface area contributed by atoms with Crippen LogP contribution in [-0.2, 0) is 5.41 Å². The third-order valence-corrected chi connectivity index (χ3v) is 13.3. The predicted molar refractivity (Wildman–Crippen MR) is 247 cm³/mol. The molecule has 12 aromatic rings. The number of furan rings is 2. The molecule has 59 heavy (non-hydrogen) atoms. The minimum atomic E-state index is -0.187. The molecule has 2 heteroatoms. The Labute approximate surface area is 340 Å². The van der Waals surface area contributed by atoms with Gasteiger partial charge in [-0.25, -0.2) is 0 Å². The van der Waals surface area contributed by atoms with Gasteiger partial charge in [0.1, 0.15) is 22.3 Å². The minimum Gasteiger partial charge on any atom is -0.456 e. The summed E-state index contributed by atoms with van der Waals surface area (Å²) in [6, 6.07) is 66.5. The van der Waals surface area contributed by atoms with Gasteiger partial charge in [0.05, 0.1) is 0 Å². The average Bonchev–Trinajstić information content (AvgIpc) is 3.92. The van der Waals surface area contributed by atoms with Crippen molar-refractivity contribution in [1.82, 2.24) is 0 Å². The number of benzene rings is 10. The maximum absolute atomic E-state index is 6.75. The largest absolute Gasteiger partial charge is 0.456 e. The van der Waals surface area contributed by atoms with Gasteiger partial charge in [-0.3, -0.25) is 0 Å². The van der Waals surface area contributed by atoms with Crippen LogP contribution in [0.3, 0.4) is 0 Å². The molecular weight excluding hydrogens is 717 g/mol. The Kier molecular flexibility index (Phi) is 6.54. The molecule has 10 aromatic carbocycles. The van der Waals surface area contributed by atoms with Crippen molar-refractivity contribution in [2.75, 3.05) is 0 Å². The summed E-state index contributed by atoms with van der Waals surface area (Å²) in [6.07, 6.45) is 0. The third kappa shape index (κ3) is 4.46. The van der Waals surface area contributed by atoms with Crippen molar-refractivity contribution < 1.29 is 8.83 Å². The van der Waals surface area contributed by atoms with Crippen molar-refractivity contribution in [2.24, 2.45) is 0 Å². The van der Waals surface area contributed by atoms with Crippen LogP contribution >= 0.6 is 0 Å². The summed E-state index contributed by atoms with van der Waals surface area (Å²) in [5.74, 6) is 0. The number of rotatable bonds is 3. The molecule has 0 amide bonds. The second-order valence-corrected chi connectivity index (χ2v) is 16.7. The fourth-order valence-electron chi connectivity index (χ4n) is 10.6. The molecule has 0 saturated heterocycles. The Bertz CT molecular complexity index is 3700. The van der Waals surface area contributed by atoms with Crippen LogP contribution in [0, 0.1) is 0 Å². The average molecular weight is 753 g/mol. The standard InChI is InChI=1S/C57H36O2/c1-57(2)47-28-26-34(37-21-12-23-45-55-51(59-56(37)45)30-29-50-54(55)44-20-9-10-24-49(44)58-50)31-46(47)38-27-25-35(32-48(38)57)52-40-16-5-7-18-42(40)53(43-19-8-6-17-41(43)52)39-22-11-14-33-13-3-4-15-36(33)39/h3-32H,1-2H3. The monoisotopic (exact) mass is 752 g/mol. The molecule has 0 aliphatic heterocycles. The van der Waals surface area contributed by atoms with Crippen molar-refractivity contribution in [3.05, 3.63) is 193 Å². The highest BCUT2D eigenvalue weighted by atomic mass is 16.3. The van der Waals surface area contributed by atoms with E-state index in [1.807, 2.05) is 24.3 Å². The van der Waals surface area contributed by atoms with E-state index in [1.54, 1.807) is 0 Å². The van der Waals surface area contributed by atoms with Gasteiger partial charge in [0.2, 0.25) is 0 Å². The Morgan fingerprint density at radius 3 is 1.69 bits per heavy atom. The minimum absolute atomic E-state index is 0.187. The summed E-state index contributed by atoms with van der Waals surface area (Å²) in [5.41, 5.74) is 16.0. The molecule has 13 rings (SSSR count). The highest BCUT2D eigenvalue weighted by Crippen LogP contribution is 2.53. The van der Waals surface area contributed by atoms with Crippen LogP contribution in [-0.4, -0.2) is 0 Å². The first-order valence-corrected chi connectivity index (χ1v) is 20.5. The van der Waals surface area contributed by atoms with Crippen molar-refractivity contribution >= 4 is 76.2 Å². The first-order chi connectivity index (χ1) is 29.0. The van der Waals surface area contributed by atoms with Crippen molar-refractivity contribution in [2.45, 2.75) is 19.3 Å². The van der Waals surface area contributed by atoms with Gasteiger partial charge in [0, 0.05) is 32.5 Å². The lowest BCUT2D eigenvalue weighted by Gasteiger charge is -2.23. The summed E-state index contributed by atoms with van der Waals surface area (Å²) in [5, 5.41) is 12.0. The number of fused-ring (bicyclic) bond motifs is 13. The van der Waals surface area contributed by atoms with Gasteiger partial charge >= 0.3 is 0 Å². The SMILES string of the molecule is CC1(C)c2ccc(-c3cccc4c3oc3ccc5oc6ccccc6c5c34)cc2-c2ccc(-c3c4ccccc4c(-c4cccc5ccccc45)c4ccccc34)cc21. The van der Waals surface area contributed by atoms with Gasteiger partial charge in [-0.2, -0.15) is 0 Å². The van der Waals surface area contributed by atoms with E-state index in [2.05, 4.69) is 172 Å². The smallest absolute Gasteiger partial charge is 0.143 e. The van der Waals surface area contributed by atoms with Gasteiger partial charge in [-0.05, 0) is 113 Å². The van der Waals surface area contributed by atoms with Crippen LogP contribution in [0.15, 0.2) is 191 Å². The first kappa shape index (κ1) is 32.6. The molecule has 2 nitrogen and oxygen atoms in total. The molecule has 276 valence electrons. The fourth-order valence-corrected chi connectivity index (χ4v) is 10.6. The summed E-state index contributed by atoms with van der Waals surface area (Å²) in [4.78, 5) is 0. The lowest BCUT2D eigenvalue weighted by atomic mass is 9.80. The van der Waals surface area contributed by atoms with Crippen LogP contribution in [0.2, 0.25) is 0 Å². The quantitative estimate of drug-likeness (QED) is 0.168. The predicted octanol–water partition coefficient (Wildman–Crippen LogP) is 16.3. The molecule has 0 radical (unpaired) electrons. The molecule has 0 N–H and O–H groups in total. The molecule has 1 aliphatic rings. The normalized spacial score (nSPS) is 13.4. The van der Waals surface area contributed by atoms with Gasteiger partial charge < -0.3 is 8.83 Å². The molecule has 1 aliphatic carbocycles. The first-order valence-electron chi connectivity index (χ1n) is 20.5. The summed E-state index contributed by atoms with van der Waals surface area (Å²) in [6.45, 7) is 4.75. The molecule has 0 spiro atoms. The number of hydrogen-bond donors (Lipinski definition) is 0. The Balaban J connectivity index is 0.988. The third-order valence-electron chi connectivity index (χ3n) is 13.3. The van der Waals surface area contributed by atoms with Crippen molar-refractivity contribution in [3.8, 4) is 44.5 Å². The van der Waals surface area contributed by atoms with Gasteiger partial charge in [-0.1, -0.05) is 166 Å². The van der Waals surface area contributed by atoms with E-state index >= 15 is 0 Å². The van der Waals surface area contributed by atoms with Crippen LogP contribution in [0.5, 0.6) is 0 Å². The summed E-state index contributed by atoms with van der Waals surface area (Å²) in [7, 11) is 0. The topological polar surface area (TPSA) is 26.3 Å². The molecule has 0 unspecified atom stereocenters. The van der Waals surface area contributed by atoms with E-state index < -0.39 is 0 Å². The molecule has 0 atom stereocenters. The Hall–Kier alpha value is -7.42. The lowest BCUT2D eigenvalue weighted by Crippen LogP contribution is -2.15. The van der Waals surface area contributed by atoms with Crippen LogP contribution in [0.4, 0.5) is 0 Å². The second kappa shape index (κ2) is 11.8. The van der Waals surface area contributed by atoms with E-state index in [-0.39, 0.29) is 5.41 Å². The molecule has 2 aromatic heterocycles. The summed E-state index contributed by atoms with van der Waals surface area (Å²) < 4.78 is 13.0. The van der Waals surface area contributed by atoms with Gasteiger partial charge in [-0.15, -0.1) is 0 Å². The van der Waals surface area contributed by atoms with E-state index in [1.165, 1.54) is 76.8 Å². The van der Waals surface area contributed by atoms with Crippen molar-refractivity contribution in [3.63, 3.8) is 0 Å². The Morgan fingerprint density at radius 1 is 0.339 bits per heavy atom. The molecule has 2 heterocycles. The lowest BCUT2D eigenvalue weighted by molar-refractivity contribution is 0.660. The number of para-hydroxylation sites is 2. The second-order valence-electron chi connectivity index (χ2n) is 16.7. The molecule has 0 saturated carbocycles. The van der Waals surface area contributed by atoms with Gasteiger partial charge in [0.25, 0.3) is 0 Å². The number of hydrogen-bond acceptors (Lipinski definition) is 2. The maximum Gasteiger partial charge on any atom is 0.143 e. The molecule has 0 bridgehead atoms. The van der Waals surface area contributed by atoms with Gasteiger partial charge in [0.15, 0.2) is 0 Å². The van der Waals surface area contributed by atoms with Crippen LogP contribution < -0.4 is 0 Å². The zero-order valence-electron chi connectivity index (χ0n) is 32.6.